The zero-order valence-corrected chi connectivity index (χ0v) is 18.9. The molecule has 2 aromatic carbocycles. The van der Waals surface area contributed by atoms with Crippen LogP contribution < -0.4 is 5.73 Å². The first kappa shape index (κ1) is 24.0. The van der Waals surface area contributed by atoms with E-state index in [0.29, 0.717) is 34.0 Å². The van der Waals surface area contributed by atoms with Gasteiger partial charge >= 0.3 is 5.97 Å². The Morgan fingerprint density at radius 1 is 1.06 bits per heavy atom. The van der Waals surface area contributed by atoms with Crippen LogP contribution in [0.2, 0.25) is 10.0 Å². The number of nitrogens with zero attached hydrogens (tertiary/aromatic N) is 1. The number of nitrogens with two attached hydrogens (primary N) is 1. The molecule has 1 heterocycles. The van der Waals surface area contributed by atoms with Crippen molar-refractivity contribution in [1.82, 2.24) is 4.90 Å². The third-order valence-electron chi connectivity index (χ3n) is 5.42. The first-order chi connectivity index (χ1) is 15.2. The molecule has 1 aliphatic rings. The van der Waals surface area contributed by atoms with E-state index in [1.165, 1.54) is 4.90 Å². The molecular formula is C23H24Cl2N2O5. The fourth-order valence-corrected chi connectivity index (χ4v) is 4.25. The second-order valence-corrected chi connectivity index (χ2v) is 8.52. The van der Waals surface area contributed by atoms with Crippen LogP contribution in [0.3, 0.4) is 0 Å². The second-order valence-electron chi connectivity index (χ2n) is 7.64. The highest BCUT2D eigenvalue weighted by Crippen LogP contribution is 2.44. The maximum atomic E-state index is 13.4. The number of morpholine rings is 1. The van der Waals surface area contributed by atoms with Crippen molar-refractivity contribution >= 4 is 41.0 Å². The van der Waals surface area contributed by atoms with Crippen LogP contribution >= 0.6 is 23.2 Å². The molecule has 170 valence electrons. The van der Waals surface area contributed by atoms with E-state index in [4.69, 9.17) is 33.7 Å². The Kier molecular flexibility index (Phi) is 7.77. The summed E-state index contributed by atoms with van der Waals surface area (Å²) in [5.41, 5.74) is 7.06. The third-order valence-corrected chi connectivity index (χ3v) is 5.93. The summed E-state index contributed by atoms with van der Waals surface area (Å²) < 4.78 is 6.07. The summed E-state index contributed by atoms with van der Waals surface area (Å²) in [6, 6.07) is 12.1. The summed E-state index contributed by atoms with van der Waals surface area (Å²) in [7, 11) is 0. The molecule has 32 heavy (non-hydrogen) atoms. The Hall–Kier alpha value is -2.61. The van der Waals surface area contributed by atoms with Crippen LogP contribution in [0.5, 0.6) is 0 Å². The Balaban J connectivity index is 2.19. The molecule has 0 saturated carbocycles. The van der Waals surface area contributed by atoms with Gasteiger partial charge in [-0.3, -0.25) is 14.4 Å². The third kappa shape index (κ3) is 5.23. The zero-order valence-electron chi connectivity index (χ0n) is 17.4. The topological polar surface area (TPSA) is 110 Å². The van der Waals surface area contributed by atoms with Gasteiger partial charge in [0.25, 0.3) is 5.91 Å². The molecular weight excluding hydrogens is 455 g/mol. The standard InChI is InChI=1S/C23H24Cl2N2O5/c1-2-3-17(22(26)30)27-20(13-4-8-15(24)9-5-13)21(14-6-10-16(25)11-7-14)32-18(23(27)31)12-19(28)29/h4-11,17-18,20-21H,2-3,12H2,1H3,(H2,26,30)(H,28,29)/t17-,18+,20-,21+/m1/s1. The van der Waals surface area contributed by atoms with Gasteiger partial charge in [-0.2, -0.15) is 0 Å². The van der Waals surface area contributed by atoms with E-state index in [2.05, 4.69) is 0 Å². The van der Waals surface area contributed by atoms with Gasteiger partial charge < -0.3 is 20.5 Å². The number of carbonyl (C=O) groups is 3. The first-order valence-corrected chi connectivity index (χ1v) is 11.0. The molecule has 2 amide bonds. The molecule has 0 radical (unpaired) electrons. The van der Waals surface area contributed by atoms with Crippen molar-refractivity contribution < 1.29 is 24.2 Å². The smallest absolute Gasteiger partial charge is 0.306 e. The van der Waals surface area contributed by atoms with Gasteiger partial charge in [0, 0.05) is 10.0 Å². The minimum absolute atomic E-state index is 0.332. The van der Waals surface area contributed by atoms with Crippen LogP contribution in [0.4, 0.5) is 0 Å². The second kappa shape index (κ2) is 10.3. The minimum atomic E-state index is -1.27. The number of primary amides is 1. The van der Waals surface area contributed by atoms with Gasteiger partial charge in [-0.15, -0.1) is 0 Å². The van der Waals surface area contributed by atoms with Crippen LogP contribution in [-0.4, -0.2) is 39.9 Å². The highest BCUT2D eigenvalue weighted by Gasteiger charge is 2.48. The lowest BCUT2D eigenvalue weighted by Crippen LogP contribution is -2.58. The van der Waals surface area contributed by atoms with E-state index in [1.807, 2.05) is 6.92 Å². The maximum absolute atomic E-state index is 13.4. The molecule has 3 N–H and O–H groups in total. The lowest BCUT2D eigenvalue weighted by molar-refractivity contribution is -0.184. The van der Waals surface area contributed by atoms with Gasteiger partial charge in [0.05, 0.1) is 12.5 Å². The highest BCUT2D eigenvalue weighted by molar-refractivity contribution is 6.30. The molecule has 1 fully saturated rings. The largest absolute Gasteiger partial charge is 0.481 e. The van der Waals surface area contributed by atoms with E-state index < -0.39 is 48.5 Å². The average molecular weight is 479 g/mol. The molecule has 4 atom stereocenters. The number of hydrogen-bond donors (Lipinski definition) is 2. The summed E-state index contributed by atoms with van der Waals surface area (Å²) in [5, 5.41) is 10.4. The monoisotopic (exact) mass is 478 g/mol. The highest BCUT2D eigenvalue weighted by atomic mass is 35.5. The van der Waals surface area contributed by atoms with Gasteiger partial charge in [-0.05, 0) is 41.8 Å². The molecule has 1 saturated heterocycles. The van der Waals surface area contributed by atoms with Gasteiger partial charge in [-0.25, -0.2) is 0 Å². The van der Waals surface area contributed by atoms with Crippen LogP contribution in [0.25, 0.3) is 0 Å². The summed E-state index contributed by atoms with van der Waals surface area (Å²) in [4.78, 5) is 38.7. The molecule has 2 aromatic rings. The van der Waals surface area contributed by atoms with Crippen molar-refractivity contribution in [2.45, 2.75) is 50.5 Å². The van der Waals surface area contributed by atoms with E-state index in [1.54, 1.807) is 48.5 Å². The van der Waals surface area contributed by atoms with E-state index >= 15 is 0 Å². The molecule has 9 heteroatoms. The normalized spacial score (nSPS) is 21.9. The van der Waals surface area contributed by atoms with Crippen molar-refractivity contribution in [2.24, 2.45) is 5.73 Å². The van der Waals surface area contributed by atoms with E-state index in [0.717, 1.165) is 0 Å². The lowest BCUT2D eigenvalue weighted by atomic mass is 9.89. The SMILES string of the molecule is CCC[C@H](C(N)=O)N1C(=O)[C@H](CC(=O)O)O[C@@H](c2ccc(Cl)cc2)[C@H]1c1ccc(Cl)cc1. The molecule has 0 bridgehead atoms. The van der Waals surface area contributed by atoms with Gasteiger partial charge in [0.1, 0.15) is 18.2 Å². The number of aliphatic carboxylic acids is 1. The van der Waals surface area contributed by atoms with Gasteiger partial charge in [0.15, 0.2) is 0 Å². The molecule has 0 spiro atoms. The Bertz CT molecular complexity index is 981. The summed E-state index contributed by atoms with van der Waals surface area (Å²) in [5.74, 6) is -2.44. The quantitative estimate of drug-likeness (QED) is 0.592. The number of hydrogen-bond acceptors (Lipinski definition) is 4. The number of rotatable bonds is 8. The molecule has 7 nitrogen and oxygen atoms in total. The number of ether oxygens (including phenoxy) is 1. The van der Waals surface area contributed by atoms with E-state index in [-0.39, 0.29) is 0 Å². The molecule has 0 aromatic heterocycles. The fourth-order valence-electron chi connectivity index (χ4n) is 4.00. The average Bonchev–Trinajstić information content (AvgIpc) is 2.74. The summed E-state index contributed by atoms with van der Waals surface area (Å²) >= 11 is 12.1. The molecule has 3 rings (SSSR count). The lowest BCUT2D eigenvalue weighted by Gasteiger charge is -2.47. The van der Waals surface area contributed by atoms with Crippen molar-refractivity contribution in [1.29, 1.82) is 0 Å². The van der Waals surface area contributed by atoms with Gasteiger partial charge in [-0.1, -0.05) is 60.8 Å². The predicted octanol–water partition coefficient (Wildman–Crippen LogP) is 4.13. The Morgan fingerprint density at radius 2 is 1.59 bits per heavy atom. The number of amides is 2. The van der Waals surface area contributed by atoms with Crippen LogP contribution in [0, 0.1) is 0 Å². The fraction of sp³-hybridized carbons (Fsp3) is 0.348. The molecule has 0 aliphatic carbocycles. The summed E-state index contributed by atoms with van der Waals surface area (Å²) in [6.45, 7) is 1.88. The van der Waals surface area contributed by atoms with Crippen LogP contribution in [0.1, 0.15) is 49.5 Å². The maximum Gasteiger partial charge on any atom is 0.306 e. The minimum Gasteiger partial charge on any atom is -0.481 e. The predicted molar refractivity (Wildman–Crippen MR) is 120 cm³/mol. The number of benzene rings is 2. The molecule has 1 aliphatic heterocycles. The first-order valence-electron chi connectivity index (χ1n) is 10.2. The number of carboxylic acids is 1. The number of carbonyl (C=O) groups excluding carboxylic acids is 2. The van der Waals surface area contributed by atoms with Crippen LogP contribution in [-0.2, 0) is 19.1 Å². The Morgan fingerprint density at radius 3 is 2.06 bits per heavy atom. The molecule has 0 unspecified atom stereocenters. The van der Waals surface area contributed by atoms with Crippen molar-refractivity contribution in [3.05, 3.63) is 69.7 Å². The van der Waals surface area contributed by atoms with Crippen molar-refractivity contribution in [3.63, 3.8) is 0 Å². The van der Waals surface area contributed by atoms with Crippen molar-refractivity contribution in [3.8, 4) is 0 Å². The summed E-state index contributed by atoms with van der Waals surface area (Å²) in [6.07, 6.45) is -1.63. The van der Waals surface area contributed by atoms with Crippen molar-refractivity contribution in [2.75, 3.05) is 0 Å². The zero-order chi connectivity index (χ0) is 23.4. The Labute approximate surface area is 196 Å². The number of halogens is 2. The number of carboxylic acid groups (broad SMARTS) is 1. The van der Waals surface area contributed by atoms with Crippen LogP contribution in [0.15, 0.2) is 48.5 Å². The van der Waals surface area contributed by atoms with Gasteiger partial charge in [0.2, 0.25) is 5.91 Å². The van der Waals surface area contributed by atoms with E-state index in [9.17, 15) is 19.5 Å².